The van der Waals surface area contributed by atoms with Gasteiger partial charge in [-0.05, 0) is 12.1 Å². The van der Waals surface area contributed by atoms with E-state index in [-0.39, 0.29) is 5.39 Å². The molecule has 0 atom stereocenters. The number of fused-ring (bicyclic) bond motifs is 1. The van der Waals surface area contributed by atoms with Gasteiger partial charge in [0.2, 0.25) is 0 Å². The third kappa shape index (κ3) is 4.98. The quantitative estimate of drug-likeness (QED) is 0.446. The molecule has 0 aliphatic heterocycles. The molecule has 3 rings (SSSR count). The van der Waals surface area contributed by atoms with E-state index >= 15 is 0 Å². The Hall–Kier alpha value is -3.23. The summed E-state index contributed by atoms with van der Waals surface area (Å²) in [6, 6.07) is 3.00. The third-order valence-corrected chi connectivity index (χ3v) is 6.32. The van der Waals surface area contributed by atoms with Crippen molar-refractivity contribution < 1.29 is 43.9 Å². The Morgan fingerprint density at radius 2 is 1.76 bits per heavy atom. The molecule has 184 valence electrons. The zero-order chi connectivity index (χ0) is 25.5. The van der Waals surface area contributed by atoms with Crippen LogP contribution in [-0.2, 0) is 16.0 Å². The van der Waals surface area contributed by atoms with Crippen molar-refractivity contribution in [3.63, 3.8) is 0 Å². The number of halogens is 7. The molecule has 0 saturated carbocycles. The van der Waals surface area contributed by atoms with Crippen LogP contribution in [0.3, 0.4) is 0 Å². The molecule has 0 fully saturated rings. The van der Waals surface area contributed by atoms with Gasteiger partial charge < -0.3 is 4.74 Å². The molecule has 0 amide bonds. The first-order valence-electron chi connectivity index (χ1n) is 9.28. The van der Waals surface area contributed by atoms with Gasteiger partial charge in [-0.2, -0.15) is 31.7 Å². The minimum Gasteiger partial charge on any atom is -0.485 e. The van der Waals surface area contributed by atoms with E-state index in [9.17, 15) is 43.9 Å². The van der Waals surface area contributed by atoms with Gasteiger partial charge in [0.1, 0.15) is 10.6 Å². The van der Waals surface area contributed by atoms with E-state index in [2.05, 4.69) is 14.8 Å². The fourth-order valence-electron chi connectivity index (χ4n) is 2.75. The van der Waals surface area contributed by atoms with E-state index < -0.39 is 73.7 Å². The number of nitrogens with zero attached hydrogens (tertiary/aromatic N) is 3. The zero-order valence-corrected chi connectivity index (χ0v) is 17.8. The number of alkyl halides is 7. The van der Waals surface area contributed by atoms with Crippen molar-refractivity contribution in [1.29, 1.82) is 0 Å². The molecule has 0 spiro atoms. The van der Waals surface area contributed by atoms with Crippen LogP contribution in [0.2, 0.25) is 0 Å². The lowest BCUT2D eigenvalue weighted by molar-refractivity contribution is -0.148. The van der Waals surface area contributed by atoms with E-state index in [1.165, 1.54) is 6.92 Å². The molecule has 15 heteroatoms. The van der Waals surface area contributed by atoms with E-state index in [0.29, 0.717) is 23.0 Å². The topological polar surface area (TPSA) is 91.2 Å². The maximum Gasteiger partial charge on any atom is 0.416 e. The molecule has 7 nitrogen and oxygen atoms in total. The summed E-state index contributed by atoms with van der Waals surface area (Å²) in [5, 5.41) is 3.34. The normalized spacial score (nSPS) is 13.0. The number of aromatic nitrogens is 3. The van der Waals surface area contributed by atoms with Gasteiger partial charge in [-0.3, -0.25) is 4.79 Å². The molecular weight excluding hydrogens is 499 g/mol. The molecule has 2 heterocycles. The van der Waals surface area contributed by atoms with Crippen LogP contribution in [0.5, 0.6) is 5.75 Å². The highest BCUT2D eigenvalue weighted by Gasteiger charge is 2.42. The Balaban J connectivity index is 2.17. The van der Waals surface area contributed by atoms with Crippen molar-refractivity contribution >= 4 is 20.6 Å². The van der Waals surface area contributed by atoms with Crippen molar-refractivity contribution in [3.8, 4) is 11.6 Å². The summed E-state index contributed by atoms with van der Waals surface area (Å²) >= 11 is 0. The first-order chi connectivity index (χ1) is 15.7. The predicted octanol–water partition coefficient (Wildman–Crippen LogP) is 3.87. The Bertz CT molecular complexity index is 1390. The largest absolute Gasteiger partial charge is 0.485 e. The molecule has 0 unspecified atom stereocenters. The average Bonchev–Trinajstić information content (AvgIpc) is 2.77. The molecule has 0 aliphatic rings. The van der Waals surface area contributed by atoms with Crippen LogP contribution in [0, 0.1) is 0 Å². The lowest BCUT2D eigenvalue weighted by Crippen LogP contribution is -2.33. The fourth-order valence-corrected chi connectivity index (χ4v) is 3.78. The first kappa shape index (κ1) is 25.4. The minimum absolute atomic E-state index is 0.0309. The van der Waals surface area contributed by atoms with Crippen LogP contribution >= 0.6 is 0 Å². The summed E-state index contributed by atoms with van der Waals surface area (Å²) in [6.07, 6.45) is -7.10. The summed E-state index contributed by atoms with van der Waals surface area (Å²) in [7, 11) is -4.23. The molecule has 0 bridgehead atoms. The highest BCUT2D eigenvalue weighted by atomic mass is 32.2. The summed E-state index contributed by atoms with van der Waals surface area (Å²) in [5.74, 6) is -6.35. The van der Waals surface area contributed by atoms with Gasteiger partial charge in [0.05, 0.1) is 29.1 Å². The van der Waals surface area contributed by atoms with E-state index in [4.69, 9.17) is 0 Å². The molecule has 0 N–H and O–H groups in total. The summed E-state index contributed by atoms with van der Waals surface area (Å²) in [6.45, 7) is -0.574. The SMILES string of the molecule is CCS(=O)(=O)c1cc(OCC(F)(F)C(F)F)cnc1-n1ncc2ccc(C(F)(F)F)cc2c1=O. The molecule has 0 radical (unpaired) electrons. The van der Waals surface area contributed by atoms with Gasteiger partial charge in [-0.1, -0.05) is 13.0 Å². The van der Waals surface area contributed by atoms with Gasteiger partial charge >= 0.3 is 18.5 Å². The average molecular weight is 513 g/mol. The molecule has 34 heavy (non-hydrogen) atoms. The van der Waals surface area contributed by atoms with Crippen molar-refractivity contribution in [1.82, 2.24) is 14.8 Å². The highest BCUT2D eigenvalue weighted by Crippen LogP contribution is 2.31. The van der Waals surface area contributed by atoms with Crippen molar-refractivity contribution in [2.75, 3.05) is 12.4 Å². The lowest BCUT2D eigenvalue weighted by Gasteiger charge is -2.17. The molecule has 0 aliphatic carbocycles. The maximum absolute atomic E-state index is 13.1. The summed E-state index contributed by atoms with van der Waals surface area (Å²) in [5.41, 5.74) is -2.27. The lowest BCUT2D eigenvalue weighted by atomic mass is 10.1. The van der Waals surface area contributed by atoms with E-state index in [1.807, 2.05) is 0 Å². The van der Waals surface area contributed by atoms with Gasteiger partial charge in [0, 0.05) is 11.5 Å². The fraction of sp³-hybridized carbons (Fsp3) is 0.316. The number of ether oxygens (including phenoxy) is 1. The highest BCUT2D eigenvalue weighted by molar-refractivity contribution is 7.91. The Morgan fingerprint density at radius 3 is 2.35 bits per heavy atom. The van der Waals surface area contributed by atoms with Crippen molar-refractivity contribution in [3.05, 3.63) is 52.6 Å². The van der Waals surface area contributed by atoms with Crippen molar-refractivity contribution in [2.45, 2.75) is 30.3 Å². The first-order valence-corrected chi connectivity index (χ1v) is 10.9. The van der Waals surface area contributed by atoms with E-state index in [1.54, 1.807) is 0 Å². The third-order valence-electron chi connectivity index (χ3n) is 4.59. The van der Waals surface area contributed by atoms with E-state index in [0.717, 1.165) is 18.3 Å². The number of benzene rings is 1. The van der Waals surface area contributed by atoms with Crippen LogP contribution < -0.4 is 10.3 Å². The van der Waals surface area contributed by atoms with Crippen molar-refractivity contribution in [2.24, 2.45) is 0 Å². The predicted molar refractivity (Wildman–Crippen MR) is 104 cm³/mol. The number of pyridine rings is 1. The van der Waals surface area contributed by atoms with Gasteiger partial charge in [0.25, 0.3) is 5.56 Å². The molecule has 1 aromatic carbocycles. The van der Waals surface area contributed by atoms with Crippen LogP contribution in [0.25, 0.3) is 16.6 Å². The number of sulfone groups is 1. The van der Waals surface area contributed by atoms with Gasteiger partial charge in [0.15, 0.2) is 22.3 Å². The second kappa shape index (κ2) is 8.85. The second-order valence-corrected chi connectivity index (χ2v) is 9.15. The zero-order valence-electron chi connectivity index (χ0n) is 17.0. The number of rotatable bonds is 7. The molecule has 3 aromatic rings. The Kier molecular flexibility index (Phi) is 6.61. The van der Waals surface area contributed by atoms with Crippen LogP contribution in [-0.4, -0.2) is 47.9 Å². The minimum atomic E-state index is -4.76. The number of hydrogen-bond acceptors (Lipinski definition) is 6. The summed E-state index contributed by atoms with van der Waals surface area (Å²) < 4.78 is 120. The second-order valence-electron chi connectivity index (χ2n) is 6.91. The van der Waals surface area contributed by atoms with Gasteiger partial charge in [-0.15, -0.1) is 0 Å². The molecular formula is C19H14F7N3O4S. The Morgan fingerprint density at radius 1 is 1.09 bits per heavy atom. The van der Waals surface area contributed by atoms with Crippen LogP contribution in [0.4, 0.5) is 30.7 Å². The monoisotopic (exact) mass is 513 g/mol. The summed E-state index contributed by atoms with van der Waals surface area (Å²) in [4.78, 5) is 15.8. The number of hydrogen-bond donors (Lipinski definition) is 0. The molecule has 2 aromatic heterocycles. The maximum atomic E-state index is 13.1. The van der Waals surface area contributed by atoms with Crippen LogP contribution in [0.1, 0.15) is 12.5 Å². The molecule has 0 saturated heterocycles. The smallest absolute Gasteiger partial charge is 0.416 e. The standard InChI is InChI=1S/C19H14F7N3O4S/c1-2-34(31,32)14-6-12(33-9-18(22,23)17(20)21)8-27-15(14)29-16(30)13-5-11(19(24,25)26)4-3-10(13)7-28-29/h3-8,17H,2,9H2,1H3. The van der Waals surface area contributed by atoms with Crippen LogP contribution in [0.15, 0.2) is 46.3 Å². The Labute approximate surface area is 186 Å². The van der Waals surface area contributed by atoms with Gasteiger partial charge in [-0.25, -0.2) is 22.2 Å².